The molecule has 0 bridgehead atoms. The number of carboxylic acid groups (broad SMARTS) is 1. The maximum absolute atomic E-state index is 12.2. The van der Waals surface area contributed by atoms with E-state index in [1.54, 1.807) is 21.9 Å². The third-order valence-corrected chi connectivity index (χ3v) is 4.24. The number of piperazine rings is 1. The molecule has 0 saturated carbocycles. The molecule has 7 heteroatoms. The van der Waals surface area contributed by atoms with Crippen LogP contribution in [0.25, 0.3) is 0 Å². The van der Waals surface area contributed by atoms with Crippen molar-refractivity contribution in [3.63, 3.8) is 0 Å². The minimum Gasteiger partial charge on any atom is -0.481 e. The molecule has 1 N–H and O–H groups in total. The van der Waals surface area contributed by atoms with Crippen LogP contribution in [0.1, 0.15) is 31.2 Å². The van der Waals surface area contributed by atoms with Crippen LogP contribution < -0.4 is 0 Å². The first-order valence-electron chi connectivity index (χ1n) is 7.97. The lowest BCUT2D eigenvalue weighted by Gasteiger charge is -2.34. The Morgan fingerprint density at radius 3 is 2.38 bits per heavy atom. The van der Waals surface area contributed by atoms with Crippen molar-refractivity contribution in [3.8, 4) is 0 Å². The SMILES string of the molecule is O=C(O)CCCCC(=O)N1CCN(Cc2ccc(Cl)cc2)C(=O)C1. The molecule has 0 radical (unpaired) electrons. The highest BCUT2D eigenvalue weighted by Crippen LogP contribution is 2.14. The van der Waals surface area contributed by atoms with E-state index in [1.807, 2.05) is 12.1 Å². The van der Waals surface area contributed by atoms with Gasteiger partial charge in [0.1, 0.15) is 0 Å². The Hall–Kier alpha value is -2.08. The van der Waals surface area contributed by atoms with Crippen LogP contribution in [0.5, 0.6) is 0 Å². The zero-order valence-corrected chi connectivity index (χ0v) is 14.2. The van der Waals surface area contributed by atoms with Gasteiger partial charge in [0.2, 0.25) is 11.8 Å². The van der Waals surface area contributed by atoms with Crippen LogP contribution in [0.2, 0.25) is 5.02 Å². The molecule has 1 fully saturated rings. The number of unbranched alkanes of at least 4 members (excludes halogenated alkanes) is 1. The van der Waals surface area contributed by atoms with Gasteiger partial charge in [-0.2, -0.15) is 0 Å². The van der Waals surface area contributed by atoms with Gasteiger partial charge >= 0.3 is 5.97 Å². The summed E-state index contributed by atoms with van der Waals surface area (Å²) in [5.41, 5.74) is 1.00. The van der Waals surface area contributed by atoms with Gasteiger partial charge in [-0.05, 0) is 30.5 Å². The molecular weight excluding hydrogens is 332 g/mol. The second-order valence-electron chi connectivity index (χ2n) is 5.86. The van der Waals surface area contributed by atoms with Gasteiger partial charge < -0.3 is 14.9 Å². The Morgan fingerprint density at radius 1 is 1.08 bits per heavy atom. The van der Waals surface area contributed by atoms with Crippen molar-refractivity contribution in [3.05, 3.63) is 34.9 Å². The fraction of sp³-hybridized carbons (Fsp3) is 0.471. The zero-order valence-electron chi connectivity index (χ0n) is 13.4. The van der Waals surface area contributed by atoms with E-state index in [0.29, 0.717) is 37.5 Å². The first-order valence-corrected chi connectivity index (χ1v) is 8.35. The Bertz CT molecular complexity index is 603. The highest BCUT2D eigenvalue weighted by atomic mass is 35.5. The largest absolute Gasteiger partial charge is 0.481 e. The minimum absolute atomic E-state index is 0.0705. The molecule has 0 aliphatic carbocycles. The molecule has 1 aromatic carbocycles. The second kappa shape index (κ2) is 8.68. The molecule has 0 atom stereocenters. The van der Waals surface area contributed by atoms with Crippen LogP contribution in [-0.4, -0.2) is 52.3 Å². The van der Waals surface area contributed by atoms with Gasteiger partial charge in [0.25, 0.3) is 0 Å². The van der Waals surface area contributed by atoms with E-state index >= 15 is 0 Å². The molecule has 0 spiro atoms. The summed E-state index contributed by atoms with van der Waals surface area (Å²) in [7, 11) is 0. The molecule has 1 aromatic rings. The standard InChI is InChI=1S/C17H21ClN2O4/c18-14-7-5-13(6-8-14)11-19-9-10-20(12-16(19)22)15(21)3-1-2-4-17(23)24/h5-8H,1-4,9-12H2,(H,23,24). The predicted octanol–water partition coefficient (Wildman–Crippen LogP) is 2.16. The quantitative estimate of drug-likeness (QED) is 0.763. The van der Waals surface area contributed by atoms with E-state index in [4.69, 9.17) is 16.7 Å². The number of hydrogen-bond donors (Lipinski definition) is 1. The molecule has 0 unspecified atom stereocenters. The first-order chi connectivity index (χ1) is 11.5. The summed E-state index contributed by atoms with van der Waals surface area (Å²) in [5.74, 6) is -1.01. The van der Waals surface area contributed by atoms with E-state index < -0.39 is 5.97 Å². The lowest BCUT2D eigenvalue weighted by Crippen LogP contribution is -2.51. The van der Waals surface area contributed by atoms with Crippen molar-refractivity contribution in [1.29, 1.82) is 0 Å². The molecule has 24 heavy (non-hydrogen) atoms. The summed E-state index contributed by atoms with van der Waals surface area (Å²) in [6, 6.07) is 7.35. The van der Waals surface area contributed by atoms with E-state index in [-0.39, 0.29) is 31.2 Å². The average Bonchev–Trinajstić information content (AvgIpc) is 2.55. The van der Waals surface area contributed by atoms with Crippen molar-refractivity contribution >= 4 is 29.4 Å². The Morgan fingerprint density at radius 2 is 1.75 bits per heavy atom. The number of halogens is 1. The molecular formula is C17H21ClN2O4. The number of nitrogens with zero attached hydrogens (tertiary/aromatic N) is 2. The maximum Gasteiger partial charge on any atom is 0.303 e. The summed E-state index contributed by atoms with van der Waals surface area (Å²) in [6.45, 7) is 1.61. The first kappa shape index (κ1) is 18.3. The van der Waals surface area contributed by atoms with E-state index in [1.165, 1.54) is 0 Å². The summed E-state index contributed by atoms with van der Waals surface area (Å²) in [5, 5.41) is 9.23. The van der Waals surface area contributed by atoms with Crippen molar-refractivity contribution in [2.45, 2.75) is 32.2 Å². The molecule has 2 amide bonds. The number of carboxylic acids is 1. The molecule has 0 aromatic heterocycles. The summed E-state index contributed by atoms with van der Waals surface area (Å²) < 4.78 is 0. The van der Waals surface area contributed by atoms with Crippen molar-refractivity contribution in [1.82, 2.24) is 9.80 Å². The fourth-order valence-electron chi connectivity index (χ4n) is 2.61. The van der Waals surface area contributed by atoms with E-state index in [0.717, 1.165) is 5.56 Å². The van der Waals surface area contributed by atoms with Gasteiger partial charge in [-0.3, -0.25) is 14.4 Å². The molecule has 1 saturated heterocycles. The third kappa shape index (κ3) is 5.53. The molecule has 1 aliphatic heterocycles. The van der Waals surface area contributed by atoms with Crippen LogP contribution in [-0.2, 0) is 20.9 Å². The second-order valence-corrected chi connectivity index (χ2v) is 6.29. The van der Waals surface area contributed by atoms with Crippen LogP contribution in [0.15, 0.2) is 24.3 Å². The number of hydrogen-bond acceptors (Lipinski definition) is 3. The van der Waals surface area contributed by atoms with Crippen molar-refractivity contribution in [2.75, 3.05) is 19.6 Å². The Kier molecular flexibility index (Phi) is 6.61. The number of rotatable bonds is 7. The van der Waals surface area contributed by atoms with Crippen molar-refractivity contribution < 1.29 is 19.5 Å². The van der Waals surface area contributed by atoms with Crippen LogP contribution in [0.4, 0.5) is 0 Å². The lowest BCUT2D eigenvalue weighted by atomic mass is 10.1. The highest BCUT2D eigenvalue weighted by Gasteiger charge is 2.26. The van der Waals surface area contributed by atoms with Crippen molar-refractivity contribution in [2.24, 2.45) is 0 Å². The molecule has 2 rings (SSSR count). The maximum atomic E-state index is 12.2. The number of aliphatic carboxylic acids is 1. The highest BCUT2D eigenvalue weighted by molar-refractivity contribution is 6.30. The van der Waals surface area contributed by atoms with Gasteiger partial charge in [0, 0.05) is 37.5 Å². The average molecular weight is 353 g/mol. The number of carbonyl (C=O) groups is 3. The monoisotopic (exact) mass is 352 g/mol. The summed E-state index contributed by atoms with van der Waals surface area (Å²) in [6.07, 6.45) is 1.37. The summed E-state index contributed by atoms with van der Waals surface area (Å²) in [4.78, 5) is 38.0. The van der Waals surface area contributed by atoms with Gasteiger partial charge in [0.15, 0.2) is 0 Å². The van der Waals surface area contributed by atoms with Gasteiger partial charge in [-0.1, -0.05) is 23.7 Å². The summed E-state index contributed by atoms with van der Waals surface area (Å²) >= 11 is 5.85. The molecule has 130 valence electrons. The third-order valence-electron chi connectivity index (χ3n) is 3.99. The lowest BCUT2D eigenvalue weighted by molar-refractivity contribution is -0.145. The number of carbonyl (C=O) groups excluding carboxylic acids is 2. The number of amides is 2. The predicted molar refractivity (Wildman–Crippen MR) is 89.6 cm³/mol. The zero-order chi connectivity index (χ0) is 17.5. The van der Waals surface area contributed by atoms with E-state index in [9.17, 15) is 14.4 Å². The smallest absolute Gasteiger partial charge is 0.303 e. The number of benzene rings is 1. The van der Waals surface area contributed by atoms with Crippen LogP contribution in [0.3, 0.4) is 0 Å². The Balaban J connectivity index is 1.77. The molecule has 1 aliphatic rings. The molecule has 6 nitrogen and oxygen atoms in total. The van der Waals surface area contributed by atoms with Gasteiger partial charge in [-0.15, -0.1) is 0 Å². The van der Waals surface area contributed by atoms with Crippen LogP contribution >= 0.6 is 11.6 Å². The van der Waals surface area contributed by atoms with Gasteiger partial charge in [-0.25, -0.2) is 0 Å². The van der Waals surface area contributed by atoms with Gasteiger partial charge in [0.05, 0.1) is 6.54 Å². The van der Waals surface area contributed by atoms with Crippen LogP contribution in [0, 0.1) is 0 Å². The topological polar surface area (TPSA) is 77.9 Å². The normalized spacial score (nSPS) is 14.8. The van der Waals surface area contributed by atoms with E-state index in [2.05, 4.69) is 0 Å². The minimum atomic E-state index is -0.853. The fourth-order valence-corrected chi connectivity index (χ4v) is 2.74. The molecule has 1 heterocycles. The Labute approximate surface area is 146 Å².